The van der Waals surface area contributed by atoms with Crippen molar-refractivity contribution in [1.29, 1.82) is 0 Å². The minimum atomic E-state index is 0.755. The van der Waals surface area contributed by atoms with Gasteiger partial charge in [0.2, 0.25) is 0 Å². The number of hydrogen-bond acceptors (Lipinski definition) is 2. The lowest BCUT2D eigenvalue weighted by atomic mass is 9.87. The van der Waals surface area contributed by atoms with Crippen LogP contribution in [-0.2, 0) is 0 Å². The Kier molecular flexibility index (Phi) is 1.46. The van der Waals surface area contributed by atoms with Crippen LogP contribution < -0.4 is 5.32 Å². The second-order valence-electron chi connectivity index (χ2n) is 3.74. The highest BCUT2D eigenvalue weighted by Crippen LogP contribution is 2.30. The number of fused-ring (bicyclic) bond motifs is 2. The van der Waals surface area contributed by atoms with Crippen molar-refractivity contribution in [2.24, 2.45) is 0 Å². The monoisotopic (exact) mass is 140 g/mol. The van der Waals surface area contributed by atoms with Crippen LogP contribution in [0.15, 0.2) is 0 Å². The van der Waals surface area contributed by atoms with E-state index in [1.54, 1.807) is 0 Å². The number of piperazine rings is 1. The molecule has 2 bridgehead atoms. The predicted molar refractivity (Wildman–Crippen MR) is 42.0 cm³/mol. The van der Waals surface area contributed by atoms with Crippen molar-refractivity contribution in [3.63, 3.8) is 0 Å². The number of nitrogens with zero attached hydrogens (tertiary/aromatic N) is 1. The molecule has 3 aliphatic rings. The summed E-state index contributed by atoms with van der Waals surface area (Å²) in [5.41, 5.74) is 0. The van der Waals surface area contributed by atoms with Crippen molar-refractivity contribution in [3.05, 3.63) is 0 Å². The van der Waals surface area contributed by atoms with Crippen LogP contribution in [0, 0.1) is 0 Å². The highest BCUT2D eigenvalue weighted by molar-refractivity contribution is 5.00. The van der Waals surface area contributed by atoms with Gasteiger partial charge in [-0.2, -0.15) is 0 Å². The molecule has 0 aromatic rings. The average molecular weight is 140 g/mol. The quantitative estimate of drug-likeness (QED) is 0.568. The van der Waals surface area contributed by atoms with Crippen LogP contribution in [-0.4, -0.2) is 36.1 Å². The Morgan fingerprint density at radius 1 is 1.30 bits per heavy atom. The Balaban J connectivity index is 1.99. The SMILES string of the molecule is CC(C)N1C2CNCC1C2. The zero-order valence-corrected chi connectivity index (χ0v) is 6.80. The van der Waals surface area contributed by atoms with Crippen molar-refractivity contribution >= 4 is 0 Å². The number of rotatable bonds is 1. The largest absolute Gasteiger partial charge is 0.314 e. The van der Waals surface area contributed by atoms with Gasteiger partial charge in [-0.3, -0.25) is 4.90 Å². The lowest BCUT2D eigenvalue weighted by Gasteiger charge is -2.55. The molecule has 2 atom stereocenters. The third-order valence-corrected chi connectivity index (χ3v) is 2.74. The van der Waals surface area contributed by atoms with E-state index in [2.05, 4.69) is 24.1 Å². The van der Waals surface area contributed by atoms with Gasteiger partial charge in [0.1, 0.15) is 0 Å². The van der Waals surface area contributed by atoms with Gasteiger partial charge in [0.05, 0.1) is 0 Å². The average Bonchev–Trinajstić information content (AvgIpc) is 1.87. The first-order valence-corrected chi connectivity index (χ1v) is 4.27. The van der Waals surface area contributed by atoms with Crippen LogP contribution >= 0.6 is 0 Å². The van der Waals surface area contributed by atoms with Gasteiger partial charge in [0.25, 0.3) is 0 Å². The summed E-state index contributed by atoms with van der Waals surface area (Å²) < 4.78 is 0. The molecule has 58 valence electrons. The van der Waals surface area contributed by atoms with Crippen LogP contribution in [0.3, 0.4) is 0 Å². The molecule has 3 saturated heterocycles. The molecule has 3 aliphatic heterocycles. The minimum Gasteiger partial charge on any atom is -0.314 e. The molecule has 3 heterocycles. The number of hydrogen-bond donors (Lipinski definition) is 1. The van der Waals surface area contributed by atoms with Crippen LogP contribution in [0.1, 0.15) is 20.3 Å². The molecular formula is C8H16N2. The number of piperidine rings is 1. The van der Waals surface area contributed by atoms with Gasteiger partial charge in [-0.25, -0.2) is 0 Å². The highest BCUT2D eigenvalue weighted by Gasteiger charge is 2.42. The topological polar surface area (TPSA) is 15.3 Å². The number of nitrogens with one attached hydrogen (secondary N) is 1. The molecule has 1 N–H and O–H groups in total. The third-order valence-electron chi connectivity index (χ3n) is 2.74. The van der Waals surface area contributed by atoms with E-state index in [4.69, 9.17) is 0 Å². The van der Waals surface area contributed by atoms with Gasteiger partial charge in [-0.1, -0.05) is 0 Å². The Morgan fingerprint density at radius 2 is 1.90 bits per heavy atom. The van der Waals surface area contributed by atoms with E-state index in [1.165, 1.54) is 19.5 Å². The second-order valence-corrected chi connectivity index (χ2v) is 3.74. The lowest BCUT2D eigenvalue weighted by Crippen LogP contribution is -2.69. The molecule has 3 rings (SSSR count). The molecule has 0 radical (unpaired) electrons. The maximum absolute atomic E-state index is 3.43. The first-order valence-electron chi connectivity index (χ1n) is 4.27. The Bertz CT molecular complexity index is 119. The second kappa shape index (κ2) is 2.21. The summed E-state index contributed by atoms with van der Waals surface area (Å²) in [5.74, 6) is 0. The van der Waals surface area contributed by atoms with Gasteiger partial charge >= 0.3 is 0 Å². The first kappa shape index (κ1) is 6.62. The molecule has 0 amide bonds. The molecule has 3 fully saturated rings. The Labute approximate surface area is 62.6 Å². The van der Waals surface area contributed by atoms with Gasteiger partial charge in [0, 0.05) is 31.2 Å². The molecular weight excluding hydrogens is 124 g/mol. The van der Waals surface area contributed by atoms with Gasteiger partial charge < -0.3 is 5.32 Å². The fraction of sp³-hybridized carbons (Fsp3) is 1.00. The molecule has 0 spiro atoms. The predicted octanol–water partition coefficient (Wildman–Crippen LogP) is 0.441. The van der Waals surface area contributed by atoms with Crippen molar-refractivity contribution < 1.29 is 0 Å². The maximum atomic E-state index is 3.43. The van der Waals surface area contributed by atoms with E-state index >= 15 is 0 Å². The normalized spacial score (nSPS) is 39.9. The summed E-state index contributed by atoms with van der Waals surface area (Å²) in [6, 6.07) is 2.48. The van der Waals surface area contributed by atoms with E-state index in [0.29, 0.717) is 0 Å². The zero-order valence-electron chi connectivity index (χ0n) is 6.80. The summed E-state index contributed by atoms with van der Waals surface area (Å²) >= 11 is 0. The van der Waals surface area contributed by atoms with Crippen LogP contribution in [0.25, 0.3) is 0 Å². The smallest absolute Gasteiger partial charge is 0.0242 e. The molecule has 2 nitrogen and oxygen atoms in total. The Hall–Kier alpha value is -0.0800. The Morgan fingerprint density at radius 3 is 2.20 bits per heavy atom. The first-order chi connectivity index (χ1) is 4.79. The lowest BCUT2D eigenvalue weighted by molar-refractivity contribution is -0.0383. The fourth-order valence-corrected chi connectivity index (χ4v) is 2.35. The summed E-state index contributed by atoms with van der Waals surface area (Å²) in [4.78, 5) is 2.64. The van der Waals surface area contributed by atoms with E-state index in [0.717, 1.165) is 18.1 Å². The molecule has 0 saturated carbocycles. The third kappa shape index (κ3) is 0.789. The van der Waals surface area contributed by atoms with E-state index < -0.39 is 0 Å². The summed E-state index contributed by atoms with van der Waals surface area (Å²) in [7, 11) is 0. The highest BCUT2D eigenvalue weighted by atomic mass is 15.3. The van der Waals surface area contributed by atoms with Crippen molar-refractivity contribution in [2.45, 2.75) is 38.4 Å². The van der Waals surface area contributed by atoms with E-state index in [9.17, 15) is 0 Å². The maximum Gasteiger partial charge on any atom is 0.0242 e. The summed E-state index contributed by atoms with van der Waals surface area (Å²) in [5, 5.41) is 3.43. The van der Waals surface area contributed by atoms with Crippen LogP contribution in [0.4, 0.5) is 0 Å². The molecule has 0 aromatic carbocycles. The van der Waals surface area contributed by atoms with Gasteiger partial charge in [-0.15, -0.1) is 0 Å². The van der Waals surface area contributed by atoms with E-state index in [-0.39, 0.29) is 0 Å². The van der Waals surface area contributed by atoms with Crippen LogP contribution in [0.2, 0.25) is 0 Å². The molecule has 0 aliphatic carbocycles. The van der Waals surface area contributed by atoms with Crippen molar-refractivity contribution in [1.82, 2.24) is 10.2 Å². The molecule has 2 heteroatoms. The summed E-state index contributed by atoms with van der Waals surface area (Å²) in [6.07, 6.45) is 1.44. The fourth-order valence-electron chi connectivity index (χ4n) is 2.35. The molecule has 2 unspecified atom stereocenters. The minimum absolute atomic E-state index is 0.755. The van der Waals surface area contributed by atoms with Gasteiger partial charge in [0.15, 0.2) is 0 Å². The van der Waals surface area contributed by atoms with Crippen LogP contribution in [0.5, 0.6) is 0 Å². The van der Waals surface area contributed by atoms with Crippen molar-refractivity contribution in [3.8, 4) is 0 Å². The molecule has 10 heavy (non-hydrogen) atoms. The zero-order chi connectivity index (χ0) is 7.14. The van der Waals surface area contributed by atoms with Gasteiger partial charge in [-0.05, 0) is 20.3 Å². The summed E-state index contributed by atoms with van der Waals surface area (Å²) in [6.45, 7) is 7.03. The molecule has 0 aromatic heterocycles. The van der Waals surface area contributed by atoms with Crippen molar-refractivity contribution in [2.75, 3.05) is 13.1 Å². The van der Waals surface area contributed by atoms with E-state index in [1.807, 2.05) is 0 Å². The standard InChI is InChI=1S/C8H16N2/c1-6(2)10-7-3-8(10)5-9-4-7/h6-9H,3-5H2,1-2H3.